The minimum absolute atomic E-state index is 0.239. The number of hydrogen-bond acceptors (Lipinski definition) is 6. The van der Waals surface area contributed by atoms with Crippen molar-refractivity contribution < 1.29 is 14.3 Å². The fraction of sp³-hybridized carbons (Fsp3) is 0.167. The van der Waals surface area contributed by atoms with E-state index < -0.39 is 12.0 Å². The van der Waals surface area contributed by atoms with Crippen LogP contribution < -0.4 is 10.9 Å². The molecule has 6 nitrogen and oxygen atoms in total. The smallest absolute Gasteiger partial charge is 0.426 e. The summed E-state index contributed by atoms with van der Waals surface area (Å²) in [4.78, 5) is 27.7. The van der Waals surface area contributed by atoms with E-state index in [4.69, 9.17) is 0 Å². The molecular formula is C18H17N3O3S2. The molecule has 2 aromatic carbocycles. The third-order valence-corrected chi connectivity index (χ3v) is 5.66. The first-order valence-corrected chi connectivity index (χ1v) is 9.76. The minimum atomic E-state index is -0.690. The van der Waals surface area contributed by atoms with Crippen molar-refractivity contribution in [1.82, 2.24) is 15.8 Å². The molecule has 1 aromatic heterocycles. The molecule has 0 spiro atoms. The number of ether oxygens (including phenoxy) is 1. The molecule has 0 atom stereocenters. The SMILES string of the molecule is CCOC(=O)NNC(=O)c1ccc(CSc2nc3ccccc3s2)cc1. The van der Waals surface area contributed by atoms with Gasteiger partial charge in [-0.25, -0.2) is 15.2 Å². The van der Waals surface area contributed by atoms with Gasteiger partial charge in [-0.2, -0.15) is 0 Å². The van der Waals surface area contributed by atoms with Gasteiger partial charge in [0.2, 0.25) is 0 Å². The Hall–Kier alpha value is -2.58. The van der Waals surface area contributed by atoms with Crippen molar-refractivity contribution in [3.63, 3.8) is 0 Å². The second-order valence-corrected chi connectivity index (χ2v) is 7.49. The number of thioether (sulfide) groups is 1. The molecule has 0 aliphatic rings. The molecule has 0 aliphatic heterocycles. The lowest BCUT2D eigenvalue weighted by molar-refractivity contribution is 0.0912. The molecule has 3 aromatic rings. The van der Waals surface area contributed by atoms with Gasteiger partial charge in [0.1, 0.15) is 0 Å². The molecule has 26 heavy (non-hydrogen) atoms. The van der Waals surface area contributed by atoms with E-state index in [-0.39, 0.29) is 6.61 Å². The van der Waals surface area contributed by atoms with Crippen molar-refractivity contribution in [2.45, 2.75) is 17.0 Å². The van der Waals surface area contributed by atoms with E-state index in [0.717, 1.165) is 21.2 Å². The summed E-state index contributed by atoms with van der Waals surface area (Å²) in [6, 6.07) is 15.3. The Labute approximate surface area is 158 Å². The Bertz CT molecular complexity index is 876. The van der Waals surface area contributed by atoms with Gasteiger partial charge >= 0.3 is 6.09 Å². The van der Waals surface area contributed by atoms with Gasteiger partial charge in [-0.15, -0.1) is 11.3 Å². The molecule has 0 unspecified atom stereocenters. The highest BCUT2D eigenvalue weighted by Gasteiger charge is 2.08. The average Bonchev–Trinajstić information content (AvgIpc) is 3.08. The number of hydrogen-bond donors (Lipinski definition) is 2. The van der Waals surface area contributed by atoms with Gasteiger partial charge in [-0.1, -0.05) is 36.0 Å². The van der Waals surface area contributed by atoms with Crippen LogP contribution in [0.25, 0.3) is 10.2 Å². The highest BCUT2D eigenvalue weighted by Crippen LogP contribution is 2.31. The van der Waals surface area contributed by atoms with Crippen LogP contribution in [0.3, 0.4) is 0 Å². The van der Waals surface area contributed by atoms with Crippen molar-refractivity contribution >= 4 is 45.3 Å². The molecule has 8 heteroatoms. The van der Waals surface area contributed by atoms with Gasteiger partial charge in [-0.3, -0.25) is 10.2 Å². The zero-order chi connectivity index (χ0) is 18.4. The normalized spacial score (nSPS) is 10.5. The number of benzene rings is 2. The first-order valence-electron chi connectivity index (χ1n) is 7.96. The Kier molecular flexibility index (Phi) is 6.08. The maximum Gasteiger partial charge on any atom is 0.426 e. The van der Waals surface area contributed by atoms with Gasteiger partial charge in [0.25, 0.3) is 5.91 Å². The van der Waals surface area contributed by atoms with Gasteiger partial charge in [0.05, 0.1) is 16.8 Å². The van der Waals surface area contributed by atoms with Gasteiger partial charge in [-0.05, 0) is 36.8 Å². The van der Waals surface area contributed by atoms with Crippen LogP contribution in [-0.2, 0) is 10.5 Å². The number of fused-ring (bicyclic) bond motifs is 1. The largest absolute Gasteiger partial charge is 0.449 e. The van der Waals surface area contributed by atoms with Crippen LogP contribution in [0.1, 0.15) is 22.8 Å². The van der Waals surface area contributed by atoms with E-state index in [2.05, 4.69) is 26.6 Å². The van der Waals surface area contributed by atoms with Gasteiger partial charge < -0.3 is 4.74 Å². The highest BCUT2D eigenvalue weighted by molar-refractivity contribution is 8.00. The van der Waals surface area contributed by atoms with E-state index in [9.17, 15) is 9.59 Å². The topological polar surface area (TPSA) is 80.3 Å². The average molecular weight is 387 g/mol. The summed E-state index contributed by atoms with van der Waals surface area (Å²) in [5, 5.41) is 0. The lowest BCUT2D eigenvalue weighted by Gasteiger charge is -2.07. The summed E-state index contributed by atoms with van der Waals surface area (Å²) >= 11 is 3.34. The number of aromatic nitrogens is 1. The molecule has 0 saturated carbocycles. The lowest BCUT2D eigenvalue weighted by atomic mass is 10.1. The van der Waals surface area contributed by atoms with E-state index in [1.807, 2.05) is 30.3 Å². The Balaban J connectivity index is 1.53. The number of hydrazine groups is 1. The number of carbonyl (C=O) groups is 2. The number of carbonyl (C=O) groups excluding carboxylic acids is 2. The molecule has 0 saturated heterocycles. The Morgan fingerprint density at radius 2 is 1.88 bits per heavy atom. The van der Waals surface area contributed by atoms with E-state index in [1.165, 1.54) is 4.70 Å². The molecule has 0 fully saturated rings. The molecule has 0 aliphatic carbocycles. The standard InChI is InChI=1S/C18H17N3O3S2/c1-2-24-17(23)21-20-16(22)13-9-7-12(8-10-13)11-25-18-19-14-5-3-4-6-15(14)26-18/h3-10H,2,11H2,1H3,(H,20,22)(H,21,23). The number of thiazole rings is 1. The minimum Gasteiger partial charge on any atom is -0.449 e. The molecular weight excluding hydrogens is 370 g/mol. The monoisotopic (exact) mass is 387 g/mol. The predicted molar refractivity (Wildman–Crippen MR) is 103 cm³/mol. The molecule has 2 amide bonds. The van der Waals surface area contributed by atoms with E-state index in [0.29, 0.717) is 5.56 Å². The van der Waals surface area contributed by atoms with Crippen molar-refractivity contribution in [2.75, 3.05) is 6.61 Å². The van der Waals surface area contributed by atoms with Gasteiger partial charge in [0, 0.05) is 11.3 Å². The summed E-state index contributed by atoms with van der Waals surface area (Å²) in [6.07, 6.45) is -0.690. The van der Waals surface area contributed by atoms with Crippen LogP contribution in [0.4, 0.5) is 4.79 Å². The summed E-state index contributed by atoms with van der Waals surface area (Å²) in [5.41, 5.74) is 7.04. The van der Waals surface area contributed by atoms with Crippen molar-refractivity contribution in [1.29, 1.82) is 0 Å². The molecule has 0 radical (unpaired) electrons. The lowest BCUT2D eigenvalue weighted by Crippen LogP contribution is -2.41. The number of amides is 2. The van der Waals surface area contributed by atoms with Crippen LogP contribution in [0.15, 0.2) is 52.9 Å². The van der Waals surface area contributed by atoms with Crippen molar-refractivity contribution in [2.24, 2.45) is 0 Å². The number of nitrogens with zero attached hydrogens (tertiary/aromatic N) is 1. The summed E-state index contributed by atoms with van der Waals surface area (Å²) in [7, 11) is 0. The maximum atomic E-state index is 11.9. The molecule has 3 rings (SSSR count). The fourth-order valence-corrected chi connectivity index (χ4v) is 4.18. The molecule has 134 valence electrons. The predicted octanol–water partition coefficient (Wildman–Crippen LogP) is 3.98. The first kappa shape index (κ1) is 18.2. The number of nitrogens with one attached hydrogen (secondary N) is 2. The zero-order valence-electron chi connectivity index (χ0n) is 14.0. The van der Waals surface area contributed by atoms with Crippen molar-refractivity contribution in [3.8, 4) is 0 Å². The Morgan fingerprint density at radius 1 is 1.12 bits per heavy atom. The van der Waals surface area contributed by atoms with Crippen LogP contribution in [0.2, 0.25) is 0 Å². The van der Waals surface area contributed by atoms with Gasteiger partial charge in [0.15, 0.2) is 4.34 Å². The zero-order valence-corrected chi connectivity index (χ0v) is 15.7. The number of rotatable bonds is 5. The Morgan fingerprint density at radius 3 is 2.62 bits per heavy atom. The first-order chi connectivity index (χ1) is 12.7. The van der Waals surface area contributed by atoms with Crippen molar-refractivity contribution in [3.05, 3.63) is 59.7 Å². The third kappa shape index (κ3) is 4.74. The molecule has 2 N–H and O–H groups in total. The van der Waals surface area contributed by atoms with Crippen LogP contribution in [-0.4, -0.2) is 23.6 Å². The van der Waals surface area contributed by atoms with Crippen LogP contribution in [0, 0.1) is 0 Å². The quantitative estimate of drug-likeness (QED) is 0.511. The van der Waals surface area contributed by atoms with Crippen LogP contribution >= 0.6 is 23.1 Å². The maximum absolute atomic E-state index is 11.9. The number of para-hydroxylation sites is 1. The highest BCUT2D eigenvalue weighted by atomic mass is 32.2. The second kappa shape index (κ2) is 8.68. The summed E-state index contributed by atoms with van der Waals surface area (Å²) in [6.45, 7) is 1.93. The molecule has 1 heterocycles. The second-order valence-electron chi connectivity index (χ2n) is 5.23. The summed E-state index contributed by atoms with van der Waals surface area (Å²) < 4.78 is 6.87. The van der Waals surface area contributed by atoms with E-state index in [1.54, 1.807) is 42.2 Å². The molecule has 0 bridgehead atoms. The fourth-order valence-electron chi connectivity index (χ4n) is 2.16. The summed E-state index contributed by atoms with van der Waals surface area (Å²) in [5.74, 6) is 0.367. The van der Waals surface area contributed by atoms with Crippen LogP contribution in [0.5, 0.6) is 0 Å². The third-order valence-electron chi connectivity index (χ3n) is 3.41. The van der Waals surface area contributed by atoms with E-state index >= 15 is 0 Å².